The van der Waals surface area contributed by atoms with Crippen LogP contribution in [0, 0.1) is 36.3 Å². The van der Waals surface area contributed by atoms with Gasteiger partial charge < -0.3 is 50.3 Å². The zero-order valence-electron chi connectivity index (χ0n) is 51.6. The van der Waals surface area contributed by atoms with E-state index in [2.05, 4.69) is 53.1 Å². The lowest BCUT2D eigenvalue weighted by Crippen LogP contribution is -2.57. The summed E-state index contributed by atoms with van der Waals surface area (Å²) in [6.07, 6.45) is 10.9. The molecule has 6 aliphatic heterocycles. The average molecular weight is 1250 g/mol. The van der Waals surface area contributed by atoms with Gasteiger partial charge in [0.1, 0.15) is 53.9 Å². The summed E-state index contributed by atoms with van der Waals surface area (Å²) in [5, 5.41) is 32.3. The fourth-order valence-electron chi connectivity index (χ4n) is 14.3. The number of fused-ring (bicyclic) bond motifs is 5. The number of β-amino-alcohol motifs (C(OH)–C–C–N with tert-alkyl or cyclic N) is 1. The van der Waals surface area contributed by atoms with E-state index in [1.165, 1.54) is 35.4 Å². The van der Waals surface area contributed by atoms with Gasteiger partial charge in [0.05, 0.1) is 44.7 Å². The highest BCUT2D eigenvalue weighted by Gasteiger charge is 2.52. The molecule has 90 heavy (non-hydrogen) atoms. The third-order valence-corrected chi connectivity index (χ3v) is 20.0. The summed E-state index contributed by atoms with van der Waals surface area (Å²) in [4.78, 5) is 84.8. The Labute approximate surface area is 526 Å². The lowest BCUT2D eigenvalue weighted by molar-refractivity contribution is -0.144. The third kappa shape index (κ3) is 12.6. The van der Waals surface area contributed by atoms with E-state index in [4.69, 9.17) is 25.9 Å². The zero-order valence-corrected chi connectivity index (χ0v) is 52.4. The quantitative estimate of drug-likeness (QED) is 0.0437. The molecule has 6 aliphatic rings. The first kappa shape index (κ1) is 62.3. The standard InChI is InChI=1S/C67H78F2N12O8S/c1-8-49-52(68)18-15-43-26-47(82)27-50(55(43)49)57-56(69)58-51(30-70-57)61(79-32-44-16-17-45(33-79)73-44)76-64(75-58)89-36-67-20-19-46(81(67)31-38(2)29-67)35-88-65(87)78-24-22-77(23-25-78)21-9-10-54(84)74-60(66(5,6)7)63(86)80-34-48(83)28-53(80)62(85)72-39(3)41-11-13-42(14-12-41)59-40(4)71-37-90-59/h1,11-15,18,26-27,30,37,39,44-46,48,53,60,73,82-83H,2,9-10,16-17,19-25,28-29,31-36H2,3-7H3,(H,72,85)(H,74,84)/t39-,44?,45?,46-,48+,53-,60+,67?/m0/s1. The normalized spacial score (nSPS) is 23.5. The molecular weight excluding hydrogens is 1170 g/mol. The highest BCUT2D eigenvalue weighted by atomic mass is 32.1. The molecule has 12 rings (SSSR count). The largest absolute Gasteiger partial charge is 0.508 e. The number of nitrogens with zero attached hydrogens (tertiary/aromatic N) is 9. The van der Waals surface area contributed by atoms with Gasteiger partial charge in [0.25, 0.3) is 0 Å². The molecule has 3 aromatic carbocycles. The van der Waals surface area contributed by atoms with E-state index in [1.54, 1.807) is 16.2 Å². The molecule has 8 atom stereocenters. The Kier molecular flexibility index (Phi) is 17.6. The number of halogens is 2. The van der Waals surface area contributed by atoms with Crippen LogP contribution in [0.2, 0.25) is 0 Å². The fraction of sp³-hybridized carbons (Fsp3) is 0.493. The van der Waals surface area contributed by atoms with Crippen molar-refractivity contribution in [2.45, 2.75) is 134 Å². The minimum atomic E-state index is -0.947. The number of aryl methyl sites for hydroxylation is 1. The number of ether oxygens (including phenoxy) is 2. The van der Waals surface area contributed by atoms with E-state index in [0.29, 0.717) is 88.2 Å². The van der Waals surface area contributed by atoms with Gasteiger partial charge in [0.15, 0.2) is 5.82 Å². The van der Waals surface area contributed by atoms with Gasteiger partial charge in [0, 0.05) is 100 Å². The van der Waals surface area contributed by atoms with Crippen LogP contribution >= 0.6 is 11.3 Å². The molecular formula is C67H78F2N12O8S. The van der Waals surface area contributed by atoms with Gasteiger partial charge >= 0.3 is 12.1 Å². The molecule has 23 heteroatoms. The average Bonchev–Trinajstić information content (AvgIpc) is 1.06. The molecule has 4 amide bonds. The number of aliphatic hydroxyl groups is 1. The third-order valence-electron chi connectivity index (χ3n) is 19.0. The van der Waals surface area contributed by atoms with Crippen LogP contribution in [0.1, 0.15) is 102 Å². The number of benzene rings is 3. The first-order valence-corrected chi connectivity index (χ1v) is 32.1. The number of carbonyl (C=O) groups excluding carboxylic acids is 4. The van der Waals surface area contributed by atoms with Gasteiger partial charge in [-0.25, -0.2) is 18.6 Å². The zero-order chi connectivity index (χ0) is 63.3. The molecule has 0 aliphatic carbocycles. The number of aromatic nitrogens is 4. The van der Waals surface area contributed by atoms with E-state index < -0.39 is 52.8 Å². The molecule has 6 fully saturated rings. The van der Waals surface area contributed by atoms with Crippen molar-refractivity contribution in [2.24, 2.45) is 5.41 Å². The summed E-state index contributed by atoms with van der Waals surface area (Å²) in [6.45, 7) is 18.6. The second-order valence-electron chi connectivity index (χ2n) is 26.4. The van der Waals surface area contributed by atoms with Crippen molar-refractivity contribution >= 4 is 62.6 Å². The van der Waals surface area contributed by atoms with Crippen LogP contribution in [0.15, 0.2) is 72.4 Å². The SMILES string of the molecule is C#Cc1c(F)ccc2cc(O)cc(-c3ncc4c(N5CC6CCC(C5)N6)nc(OCC56CC[C@@H](COC(=O)N7CCN(CCCC(=O)N[C@H](C(=O)N8C[C@H](O)C[C@H]8C(=O)N[C@@H](C)c8ccc(-c9scnc9C)cc8)C(C)(C)C)CC7)N5CC(=C)C6)nc4c3F)c12. The lowest BCUT2D eigenvalue weighted by Gasteiger charge is -2.36. The number of phenols is 1. The molecule has 0 spiro atoms. The highest BCUT2D eigenvalue weighted by Crippen LogP contribution is 2.46. The number of nitrogens with one attached hydrogen (secondary N) is 3. The van der Waals surface area contributed by atoms with Crippen molar-refractivity contribution in [2.75, 3.05) is 77.0 Å². The number of aromatic hydroxyl groups is 1. The monoisotopic (exact) mass is 1250 g/mol. The summed E-state index contributed by atoms with van der Waals surface area (Å²) in [5.74, 6) is 0.158. The summed E-state index contributed by atoms with van der Waals surface area (Å²) < 4.78 is 45.1. The van der Waals surface area contributed by atoms with Crippen molar-refractivity contribution in [1.82, 2.24) is 55.5 Å². The van der Waals surface area contributed by atoms with Crippen LogP contribution < -0.4 is 25.6 Å². The number of pyridine rings is 1. The van der Waals surface area contributed by atoms with Crippen LogP contribution in [0.4, 0.5) is 19.4 Å². The topological polar surface area (TPSA) is 231 Å². The van der Waals surface area contributed by atoms with Gasteiger partial charge in [-0.1, -0.05) is 69.2 Å². The van der Waals surface area contributed by atoms with Gasteiger partial charge in [-0.3, -0.25) is 29.2 Å². The first-order valence-electron chi connectivity index (χ1n) is 31.2. The summed E-state index contributed by atoms with van der Waals surface area (Å²) in [5.41, 5.74) is 4.31. The van der Waals surface area contributed by atoms with Crippen molar-refractivity contribution in [3.63, 3.8) is 0 Å². The summed E-state index contributed by atoms with van der Waals surface area (Å²) in [6, 6.07) is 11.5. The summed E-state index contributed by atoms with van der Waals surface area (Å²) in [7, 11) is 0. The molecule has 6 aromatic rings. The maximum absolute atomic E-state index is 17.3. The van der Waals surface area contributed by atoms with E-state index in [-0.39, 0.29) is 108 Å². The highest BCUT2D eigenvalue weighted by molar-refractivity contribution is 7.13. The van der Waals surface area contributed by atoms with Crippen LogP contribution in [0.25, 0.3) is 43.4 Å². The number of likely N-dealkylation sites (tertiary alicyclic amines) is 1. The molecule has 3 aromatic heterocycles. The number of phenolic OH excluding ortho intramolecular Hbond substituents is 1. The van der Waals surface area contributed by atoms with Gasteiger partial charge in [-0.15, -0.1) is 17.8 Å². The van der Waals surface area contributed by atoms with Gasteiger partial charge in [-0.2, -0.15) is 9.97 Å². The number of amides is 4. The number of aliphatic hydroxyl groups excluding tert-OH is 1. The van der Waals surface area contributed by atoms with Crippen LogP contribution in [-0.2, 0) is 19.1 Å². The number of thiazole rings is 1. The Hall–Kier alpha value is -7.88. The van der Waals surface area contributed by atoms with Crippen LogP contribution in [-0.4, -0.2) is 188 Å². The minimum Gasteiger partial charge on any atom is -0.508 e. The summed E-state index contributed by atoms with van der Waals surface area (Å²) >= 11 is 1.57. The van der Waals surface area contributed by atoms with Crippen LogP contribution in [0.3, 0.4) is 0 Å². The van der Waals surface area contributed by atoms with Gasteiger partial charge in [-0.05, 0) is 99.0 Å². The second-order valence-corrected chi connectivity index (χ2v) is 27.2. The maximum atomic E-state index is 17.3. The molecule has 0 saturated carbocycles. The molecule has 6 saturated heterocycles. The predicted molar refractivity (Wildman–Crippen MR) is 339 cm³/mol. The Morgan fingerprint density at radius 1 is 0.989 bits per heavy atom. The Morgan fingerprint density at radius 2 is 1.74 bits per heavy atom. The van der Waals surface area contributed by atoms with E-state index in [9.17, 15) is 29.4 Å². The fourth-order valence-corrected chi connectivity index (χ4v) is 15.1. The predicted octanol–water partition coefficient (Wildman–Crippen LogP) is 7.63. The van der Waals surface area contributed by atoms with Crippen molar-refractivity contribution in [3.8, 4) is 45.8 Å². The number of terminal acetylenes is 1. The molecule has 0 radical (unpaired) electrons. The molecule has 20 nitrogen and oxygen atoms in total. The van der Waals surface area contributed by atoms with E-state index in [0.717, 1.165) is 46.5 Å². The Balaban J connectivity index is 0.633. The van der Waals surface area contributed by atoms with Crippen LogP contribution in [0.5, 0.6) is 11.8 Å². The molecule has 3 unspecified atom stereocenters. The number of rotatable bonds is 17. The smallest absolute Gasteiger partial charge is 0.409 e. The molecule has 9 heterocycles. The molecule has 5 N–H and O–H groups in total. The second kappa shape index (κ2) is 25.4. The van der Waals surface area contributed by atoms with Crippen molar-refractivity contribution in [1.29, 1.82) is 0 Å². The Morgan fingerprint density at radius 3 is 2.46 bits per heavy atom. The lowest BCUT2D eigenvalue weighted by atomic mass is 9.85. The maximum Gasteiger partial charge on any atom is 0.409 e. The molecule has 2 bridgehead atoms. The number of hydrogen-bond donors (Lipinski definition) is 5. The first-order chi connectivity index (χ1) is 43.1. The number of piperazine rings is 2. The Bertz CT molecular complexity index is 3800. The number of anilines is 1. The van der Waals surface area contributed by atoms with E-state index >= 15 is 8.78 Å². The number of carbonyl (C=O) groups is 4. The van der Waals surface area contributed by atoms with Crippen molar-refractivity contribution < 1.29 is 47.6 Å². The van der Waals surface area contributed by atoms with E-state index in [1.807, 2.05) is 64.4 Å². The minimum absolute atomic E-state index is 0.0230. The van der Waals surface area contributed by atoms with Gasteiger partial charge in [0.2, 0.25) is 17.7 Å². The van der Waals surface area contributed by atoms with Crippen molar-refractivity contribution in [3.05, 3.63) is 101 Å². The number of hydrogen-bond acceptors (Lipinski definition) is 17. The molecule has 474 valence electrons.